The fraction of sp³-hybridized carbons (Fsp3) is 0.214. The number of rotatable bonds is 4. The quantitative estimate of drug-likeness (QED) is 0.802. The predicted octanol–water partition coefficient (Wildman–Crippen LogP) is 3.19. The highest BCUT2D eigenvalue weighted by molar-refractivity contribution is 7.15. The van der Waals surface area contributed by atoms with E-state index >= 15 is 0 Å². The molecule has 104 valence electrons. The third kappa shape index (κ3) is 2.07. The first-order valence-corrected chi connectivity index (χ1v) is 7.21. The number of benzene rings is 1. The molecule has 0 saturated carbocycles. The molecule has 0 aliphatic carbocycles. The van der Waals surface area contributed by atoms with Crippen LogP contribution in [0.4, 0.5) is 15.9 Å². The fourth-order valence-corrected chi connectivity index (χ4v) is 2.99. The van der Waals surface area contributed by atoms with Gasteiger partial charge in [-0.25, -0.2) is 9.37 Å². The first kappa shape index (κ1) is 13.1. The Labute approximate surface area is 119 Å². The maximum Gasteiger partial charge on any atom is 0.195 e. The Morgan fingerprint density at radius 2 is 2.10 bits per heavy atom. The molecule has 0 saturated heterocycles. The maximum absolute atomic E-state index is 13.0. The molecule has 0 bridgehead atoms. The van der Waals surface area contributed by atoms with Gasteiger partial charge in [-0.1, -0.05) is 0 Å². The van der Waals surface area contributed by atoms with Crippen LogP contribution in [0.1, 0.15) is 12.6 Å². The number of anilines is 2. The van der Waals surface area contributed by atoms with Crippen molar-refractivity contribution in [3.05, 3.63) is 47.4 Å². The number of imidazole rings is 1. The van der Waals surface area contributed by atoms with Gasteiger partial charge in [-0.05, 0) is 31.2 Å². The second kappa shape index (κ2) is 5.22. The van der Waals surface area contributed by atoms with E-state index < -0.39 is 0 Å². The highest BCUT2D eigenvalue weighted by Crippen LogP contribution is 2.30. The summed E-state index contributed by atoms with van der Waals surface area (Å²) >= 11 is 1.52. The summed E-state index contributed by atoms with van der Waals surface area (Å²) in [6.07, 6.45) is 1.89. The van der Waals surface area contributed by atoms with E-state index in [0.717, 1.165) is 16.3 Å². The number of hydrogen-bond donors (Lipinski definition) is 1. The number of aliphatic hydroxyl groups excluding tert-OH is 1. The molecule has 20 heavy (non-hydrogen) atoms. The van der Waals surface area contributed by atoms with E-state index in [4.69, 9.17) is 0 Å². The molecule has 4 nitrogen and oxygen atoms in total. The molecule has 0 radical (unpaired) electrons. The minimum absolute atomic E-state index is 0.0923. The van der Waals surface area contributed by atoms with Gasteiger partial charge in [-0.3, -0.25) is 4.40 Å². The van der Waals surface area contributed by atoms with Crippen molar-refractivity contribution in [2.75, 3.05) is 11.4 Å². The van der Waals surface area contributed by atoms with Gasteiger partial charge >= 0.3 is 0 Å². The molecule has 0 amide bonds. The number of nitrogens with zero attached hydrogens (tertiary/aromatic N) is 3. The summed E-state index contributed by atoms with van der Waals surface area (Å²) in [5.74, 6) is 0.450. The Balaban J connectivity index is 2.10. The number of aliphatic hydroxyl groups is 1. The average Bonchev–Trinajstić information content (AvgIpc) is 3.02. The zero-order valence-electron chi connectivity index (χ0n) is 11.0. The molecule has 0 atom stereocenters. The lowest BCUT2D eigenvalue weighted by atomic mass is 10.2. The van der Waals surface area contributed by atoms with E-state index in [0.29, 0.717) is 12.4 Å². The topological polar surface area (TPSA) is 40.8 Å². The van der Waals surface area contributed by atoms with Crippen LogP contribution in [0, 0.1) is 5.82 Å². The van der Waals surface area contributed by atoms with E-state index in [1.165, 1.54) is 23.5 Å². The van der Waals surface area contributed by atoms with Crippen molar-refractivity contribution in [2.24, 2.45) is 0 Å². The zero-order chi connectivity index (χ0) is 14.1. The predicted molar refractivity (Wildman–Crippen MR) is 78.1 cm³/mol. The highest BCUT2D eigenvalue weighted by Gasteiger charge is 2.18. The van der Waals surface area contributed by atoms with Gasteiger partial charge in [0.05, 0.1) is 12.3 Å². The van der Waals surface area contributed by atoms with Crippen LogP contribution in [0.2, 0.25) is 0 Å². The number of hydrogen-bond acceptors (Lipinski definition) is 4. The molecule has 0 aliphatic rings. The summed E-state index contributed by atoms with van der Waals surface area (Å²) in [5, 5.41) is 11.5. The highest BCUT2D eigenvalue weighted by atomic mass is 32.1. The van der Waals surface area contributed by atoms with Crippen molar-refractivity contribution in [2.45, 2.75) is 13.5 Å². The third-order valence-electron chi connectivity index (χ3n) is 3.20. The zero-order valence-corrected chi connectivity index (χ0v) is 11.8. The fourth-order valence-electron chi connectivity index (χ4n) is 2.26. The summed E-state index contributed by atoms with van der Waals surface area (Å²) in [5.41, 5.74) is 1.60. The second-order valence-corrected chi connectivity index (χ2v) is 5.19. The minimum atomic E-state index is -0.266. The van der Waals surface area contributed by atoms with Crippen LogP contribution in [0.3, 0.4) is 0 Å². The van der Waals surface area contributed by atoms with Crippen molar-refractivity contribution < 1.29 is 9.50 Å². The van der Waals surface area contributed by atoms with Gasteiger partial charge in [0, 0.05) is 23.8 Å². The summed E-state index contributed by atoms with van der Waals surface area (Å²) < 4.78 is 14.9. The third-order valence-corrected chi connectivity index (χ3v) is 3.96. The smallest absolute Gasteiger partial charge is 0.195 e. The lowest BCUT2D eigenvalue weighted by molar-refractivity contribution is 0.276. The van der Waals surface area contributed by atoms with Gasteiger partial charge in [-0.2, -0.15) is 0 Å². The van der Waals surface area contributed by atoms with Gasteiger partial charge in [0.25, 0.3) is 0 Å². The van der Waals surface area contributed by atoms with E-state index in [9.17, 15) is 9.50 Å². The average molecular weight is 291 g/mol. The molecule has 1 aromatic carbocycles. The van der Waals surface area contributed by atoms with Crippen LogP contribution in [0.15, 0.2) is 35.8 Å². The lowest BCUT2D eigenvalue weighted by Crippen LogP contribution is -2.18. The molecular weight excluding hydrogens is 277 g/mol. The van der Waals surface area contributed by atoms with Crippen LogP contribution in [-0.4, -0.2) is 21.0 Å². The van der Waals surface area contributed by atoms with Crippen molar-refractivity contribution in [3.8, 4) is 0 Å². The number of halogens is 1. The first-order valence-electron chi connectivity index (χ1n) is 6.33. The molecule has 3 aromatic rings. The van der Waals surface area contributed by atoms with Crippen molar-refractivity contribution in [1.82, 2.24) is 9.38 Å². The number of fused-ring (bicyclic) bond motifs is 1. The number of thiazole rings is 1. The summed E-state index contributed by atoms with van der Waals surface area (Å²) in [6.45, 7) is 2.59. The Bertz CT molecular complexity index is 720. The Morgan fingerprint density at radius 3 is 2.75 bits per heavy atom. The molecule has 6 heteroatoms. The summed E-state index contributed by atoms with van der Waals surface area (Å²) in [4.78, 5) is 7.37. The molecule has 3 rings (SSSR count). The van der Waals surface area contributed by atoms with Crippen molar-refractivity contribution in [3.63, 3.8) is 0 Å². The Hall–Kier alpha value is -1.92. The van der Waals surface area contributed by atoms with Crippen LogP contribution in [-0.2, 0) is 6.61 Å². The molecule has 1 N–H and O–H groups in total. The maximum atomic E-state index is 13.0. The largest absolute Gasteiger partial charge is 0.390 e. The van der Waals surface area contributed by atoms with Gasteiger partial charge in [0.1, 0.15) is 5.82 Å². The van der Waals surface area contributed by atoms with Crippen LogP contribution in [0.25, 0.3) is 4.96 Å². The van der Waals surface area contributed by atoms with Gasteiger partial charge in [0.2, 0.25) is 0 Å². The standard InChI is InChI=1S/C14H14FN3OS/c1-2-17(11-5-3-10(15)4-6-11)13-12(9-19)18-7-8-20-14(18)16-13/h3-8,19H,2,9H2,1H3. The minimum Gasteiger partial charge on any atom is -0.390 e. The Kier molecular flexibility index (Phi) is 3.42. The van der Waals surface area contributed by atoms with E-state index in [2.05, 4.69) is 4.98 Å². The van der Waals surface area contributed by atoms with E-state index in [1.54, 1.807) is 12.1 Å². The normalized spacial score (nSPS) is 11.2. The molecule has 2 aromatic heterocycles. The molecule has 0 unspecified atom stereocenters. The van der Waals surface area contributed by atoms with Crippen LogP contribution < -0.4 is 4.90 Å². The lowest BCUT2D eigenvalue weighted by Gasteiger charge is -2.21. The first-order chi connectivity index (χ1) is 9.74. The van der Waals surface area contributed by atoms with Gasteiger partial charge in [-0.15, -0.1) is 11.3 Å². The molecule has 0 aliphatic heterocycles. The van der Waals surface area contributed by atoms with E-state index in [1.807, 2.05) is 27.8 Å². The molecule has 2 heterocycles. The van der Waals surface area contributed by atoms with E-state index in [-0.39, 0.29) is 12.4 Å². The molecule has 0 spiro atoms. The summed E-state index contributed by atoms with van der Waals surface area (Å²) in [7, 11) is 0. The second-order valence-electron chi connectivity index (χ2n) is 4.32. The van der Waals surface area contributed by atoms with Gasteiger partial charge in [0.15, 0.2) is 10.8 Å². The number of aromatic nitrogens is 2. The van der Waals surface area contributed by atoms with Crippen LogP contribution >= 0.6 is 11.3 Å². The van der Waals surface area contributed by atoms with Crippen molar-refractivity contribution >= 4 is 27.8 Å². The monoisotopic (exact) mass is 291 g/mol. The SMILES string of the molecule is CCN(c1ccc(F)cc1)c1nc2sccn2c1CO. The van der Waals surface area contributed by atoms with Crippen LogP contribution in [0.5, 0.6) is 0 Å². The molecular formula is C14H14FN3OS. The van der Waals surface area contributed by atoms with Gasteiger partial charge < -0.3 is 10.0 Å². The Morgan fingerprint density at radius 1 is 1.35 bits per heavy atom. The summed E-state index contributed by atoms with van der Waals surface area (Å²) in [6, 6.07) is 6.28. The molecule has 0 fully saturated rings. The van der Waals surface area contributed by atoms with Crippen molar-refractivity contribution in [1.29, 1.82) is 0 Å².